The van der Waals surface area contributed by atoms with Gasteiger partial charge in [-0.2, -0.15) is 0 Å². The SMILES string of the molecule is Cc1ccccc1CNC(=O)C1N(C(=O)C(O)C(Cc2ccccc2)NS(=O)(=O)c2cc(Cl)c(Cl)s2)CSC1(C)C. The molecule has 2 aromatic carbocycles. The number of aryl methyl sites for hydroxylation is 1. The monoisotopic (exact) mass is 655 g/mol. The molecule has 0 radical (unpaired) electrons. The molecule has 2 amide bonds. The van der Waals surface area contributed by atoms with Crippen LogP contribution in [0.4, 0.5) is 0 Å². The van der Waals surface area contributed by atoms with E-state index in [9.17, 15) is 23.1 Å². The second-order valence-electron chi connectivity index (χ2n) is 10.3. The van der Waals surface area contributed by atoms with Gasteiger partial charge in [0.15, 0.2) is 0 Å². The molecule has 13 heteroatoms. The molecule has 3 unspecified atom stereocenters. The molecule has 3 N–H and O–H groups in total. The van der Waals surface area contributed by atoms with Crippen molar-refractivity contribution in [1.82, 2.24) is 14.9 Å². The molecule has 3 aromatic rings. The molecule has 1 saturated heterocycles. The van der Waals surface area contributed by atoms with Crippen LogP contribution in [-0.2, 0) is 32.6 Å². The highest BCUT2D eigenvalue weighted by Crippen LogP contribution is 2.40. The number of benzene rings is 2. The Morgan fingerprint density at radius 1 is 1.12 bits per heavy atom. The summed E-state index contributed by atoms with van der Waals surface area (Å²) in [4.78, 5) is 28.6. The molecule has 8 nitrogen and oxygen atoms in total. The fraction of sp³-hybridized carbons (Fsp3) is 0.357. The Labute approximate surface area is 258 Å². The fourth-order valence-corrected chi connectivity index (χ4v) is 8.92. The number of hydrogen-bond donors (Lipinski definition) is 3. The van der Waals surface area contributed by atoms with Gasteiger partial charge in [0.1, 0.15) is 20.7 Å². The van der Waals surface area contributed by atoms with Crippen molar-refractivity contribution >= 4 is 68.1 Å². The molecule has 1 aromatic heterocycles. The van der Waals surface area contributed by atoms with Crippen molar-refractivity contribution in [2.45, 2.75) is 60.9 Å². The summed E-state index contributed by atoms with van der Waals surface area (Å²) in [5.41, 5.74) is 2.69. The smallest absolute Gasteiger partial charge is 0.254 e. The highest BCUT2D eigenvalue weighted by molar-refractivity contribution is 8.00. The number of aliphatic hydroxyl groups is 1. The van der Waals surface area contributed by atoms with Gasteiger partial charge in [-0.1, -0.05) is 77.8 Å². The van der Waals surface area contributed by atoms with Gasteiger partial charge in [-0.3, -0.25) is 9.59 Å². The number of thioether (sulfide) groups is 1. The first kappa shape index (κ1) is 31.8. The summed E-state index contributed by atoms with van der Waals surface area (Å²) in [6.07, 6.45) is -1.76. The Balaban J connectivity index is 1.58. The number of hydrogen-bond acceptors (Lipinski definition) is 7. The van der Waals surface area contributed by atoms with E-state index in [1.54, 1.807) is 24.3 Å². The average Bonchev–Trinajstić information content (AvgIpc) is 3.45. The summed E-state index contributed by atoms with van der Waals surface area (Å²) >= 11 is 14.2. The first-order chi connectivity index (χ1) is 19.3. The molecule has 41 heavy (non-hydrogen) atoms. The van der Waals surface area contributed by atoms with Gasteiger partial charge in [-0.05, 0) is 49.9 Å². The van der Waals surface area contributed by atoms with Crippen LogP contribution in [0.25, 0.3) is 0 Å². The van der Waals surface area contributed by atoms with E-state index in [4.69, 9.17) is 23.2 Å². The van der Waals surface area contributed by atoms with Crippen LogP contribution < -0.4 is 10.0 Å². The Hall–Kier alpha value is -2.12. The number of halogens is 2. The van der Waals surface area contributed by atoms with Gasteiger partial charge in [0.2, 0.25) is 5.91 Å². The highest BCUT2D eigenvalue weighted by atomic mass is 35.5. The van der Waals surface area contributed by atoms with Gasteiger partial charge in [-0.15, -0.1) is 23.1 Å². The fourth-order valence-electron chi connectivity index (χ4n) is 4.64. The zero-order valence-electron chi connectivity index (χ0n) is 22.6. The predicted molar refractivity (Wildman–Crippen MR) is 165 cm³/mol. The number of thiophene rings is 1. The summed E-state index contributed by atoms with van der Waals surface area (Å²) in [6.45, 7) is 5.97. The molecule has 0 saturated carbocycles. The highest BCUT2D eigenvalue weighted by Gasteiger charge is 2.50. The maximum atomic E-state index is 13.8. The van der Waals surface area contributed by atoms with Crippen molar-refractivity contribution in [1.29, 1.82) is 0 Å². The average molecular weight is 657 g/mol. The number of carbonyl (C=O) groups is 2. The van der Waals surface area contributed by atoms with Crippen molar-refractivity contribution in [3.8, 4) is 0 Å². The van der Waals surface area contributed by atoms with E-state index in [1.807, 2.05) is 51.1 Å². The van der Waals surface area contributed by atoms with Gasteiger partial charge in [0.25, 0.3) is 15.9 Å². The van der Waals surface area contributed by atoms with Crippen LogP contribution in [0, 0.1) is 6.92 Å². The third kappa shape index (κ3) is 7.45. The molecule has 4 rings (SSSR count). The molecule has 0 aliphatic carbocycles. The minimum atomic E-state index is -4.19. The van der Waals surface area contributed by atoms with Crippen molar-refractivity contribution < 1.29 is 23.1 Å². The summed E-state index contributed by atoms with van der Waals surface area (Å²) in [5.74, 6) is -0.941. The first-order valence-electron chi connectivity index (χ1n) is 12.8. The molecule has 0 bridgehead atoms. The van der Waals surface area contributed by atoms with Gasteiger partial charge in [0.05, 0.1) is 16.9 Å². The number of carbonyl (C=O) groups excluding carboxylic acids is 2. The van der Waals surface area contributed by atoms with Gasteiger partial charge in [0, 0.05) is 11.3 Å². The van der Waals surface area contributed by atoms with E-state index in [1.165, 1.54) is 22.7 Å². The number of amides is 2. The van der Waals surface area contributed by atoms with Crippen LogP contribution in [-0.4, -0.2) is 59.1 Å². The number of rotatable bonds is 10. The Morgan fingerprint density at radius 2 is 1.78 bits per heavy atom. The van der Waals surface area contributed by atoms with Crippen molar-refractivity contribution in [2.24, 2.45) is 0 Å². The number of nitrogens with one attached hydrogen (secondary N) is 2. The summed E-state index contributed by atoms with van der Waals surface area (Å²) in [6, 6.07) is 15.7. The molecular weight excluding hydrogens is 625 g/mol. The van der Waals surface area contributed by atoms with Crippen LogP contribution >= 0.6 is 46.3 Å². The zero-order valence-corrected chi connectivity index (χ0v) is 26.6. The van der Waals surface area contributed by atoms with Crippen molar-refractivity contribution in [3.05, 3.63) is 86.7 Å². The van der Waals surface area contributed by atoms with E-state index in [0.29, 0.717) is 5.56 Å². The van der Waals surface area contributed by atoms with Crippen LogP contribution in [0.5, 0.6) is 0 Å². The van der Waals surface area contributed by atoms with Gasteiger partial charge < -0.3 is 15.3 Å². The summed E-state index contributed by atoms with van der Waals surface area (Å²) in [5, 5.41) is 14.4. The van der Waals surface area contributed by atoms with Crippen molar-refractivity contribution in [3.63, 3.8) is 0 Å². The van der Waals surface area contributed by atoms with E-state index in [2.05, 4.69) is 10.0 Å². The van der Waals surface area contributed by atoms with E-state index >= 15 is 0 Å². The topological polar surface area (TPSA) is 116 Å². The van der Waals surface area contributed by atoms with Gasteiger partial charge in [-0.25, -0.2) is 13.1 Å². The number of sulfonamides is 1. The minimum Gasteiger partial charge on any atom is -0.382 e. The van der Waals surface area contributed by atoms with Crippen LogP contribution in [0.15, 0.2) is 64.9 Å². The third-order valence-corrected chi connectivity index (χ3v) is 12.1. The Kier molecular flexibility index (Phi) is 10.1. The van der Waals surface area contributed by atoms with Crippen LogP contribution in [0.3, 0.4) is 0 Å². The maximum absolute atomic E-state index is 13.8. The van der Waals surface area contributed by atoms with Crippen molar-refractivity contribution in [2.75, 3.05) is 5.88 Å². The van der Waals surface area contributed by atoms with E-state index in [0.717, 1.165) is 22.5 Å². The molecule has 0 spiro atoms. The molecule has 220 valence electrons. The van der Waals surface area contributed by atoms with Gasteiger partial charge >= 0.3 is 0 Å². The van der Waals surface area contributed by atoms with E-state index < -0.39 is 38.9 Å². The Bertz CT molecular complexity index is 1500. The largest absolute Gasteiger partial charge is 0.382 e. The second-order valence-corrected chi connectivity index (χ2v) is 15.9. The number of nitrogens with zero attached hydrogens (tertiary/aromatic N) is 1. The quantitative estimate of drug-likeness (QED) is 0.294. The lowest BCUT2D eigenvalue weighted by Gasteiger charge is -2.33. The normalized spacial score (nSPS) is 18.2. The zero-order chi connectivity index (χ0) is 29.9. The minimum absolute atomic E-state index is 0.0222. The molecule has 1 aliphatic rings. The second kappa shape index (κ2) is 13.0. The molecular formula is C28H31Cl2N3O5S3. The van der Waals surface area contributed by atoms with E-state index in [-0.39, 0.29) is 38.3 Å². The van der Waals surface area contributed by atoms with Crippen LogP contribution in [0.2, 0.25) is 9.36 Å². The molecule has 2 heterocycles. The molecule has 1 aliphatic heterocycles. The van der Waals surface area contributed by atoms with Crippen LogP contribution in [0.1, 0.15) is 30.5 Å². The third-order valence-electron chi connectivity index (χ3n) is 6.92. The lowest BCUT2D eigenvalue weighted by Crippen LogP contribution is -2.58. The molecule has 3 atom stereocenters. The lowest BCUT2D eigenvalue weighted by molar-refractivity contribution is -0.147. The number of aliphatic hydroxyl groups excluding tert-OH is 1. The lowest BCUT2D eigenvalue weighted by atomic mass is 9.97. The summed E-state index contributed by atoms with van der Waals surface area (Å²) in [7, 11) is -4.19. The summed E-state index contributed by atoms with van der Waals surface area (Å²) < 4.78 is 28.3. The predicted octanol–water partition coefficient (Wildman–Crippen LogP) is 4.61. The standard InChI is InChI=1S/C28H31Cl2N3O5S3/c1-17-9-7-8-12-19(17)15-31-26(35)24-28(2,3)39-16-33(24)27(36)23(34)21(13-18-10-5-4-6-11-18)32-41(37,38)22-14-20(29)25(30)40-22/h4-12,14,21,23-24,32,34H,13,15-16H2,1-3H3,(H,31,35). The Morgan fingerprint density at radius 3 is 2.41 bits per heavy atom. The maximum Gasteiger partial charge on any atom is 0.254 e. The molecule has 1 fully saturated rings. The first-order valence-corrected chi connectivity index (χ1v) is 16.8.